The predicted molar refractivity (Wildman–Crippen MR) is 145 cm³/mol. The highest BCUT2D eigenvalue weighted by Gasteiger charge is 2.40. The molecule has 2 aliphatic rings. The van der Waals surface area contributed by atoms with Gasteiger partial charge in [-0.15, -0.1) is 0 Å². The van der Waals surface area contributed by atoms with Crippen molar-refractivity contribution in [3.05, 3.63) is 111 Å². The number of hydrogen-bond donors (Lipinski definition) is 1. The maximum Gasteiger partial charge on any atom is 0.422 e. The summed E-state index contributed by atoms with van der Waals surface area (Å²) in [6, 6.07) is 11.8. The quantitative estimate of drug-likeness (QED) is 0.120. The molecule has 234 valence electrons. The van der Waals surface area contributed by atoms with Gasteiger partial charge in [-0.05, 0) is 81.9 Å². The molecule has 14 heteroatoms. The van der Waals surface area contributed by atoms with E-state index in [0.29, 0.717) is 30.8 Å². The maximum atomic E-state index is 14.6. The van der Waals surface area contributed by atoms with E-state index in [4.69, 9.17) is 0 Å². The van der Waals surface area contributed by atoms with Gasteiger partial charge in [-0.1, -0.05) is 0 Å². The second-order valence-corrected chi connectivity index (χ2v) is 10.6. The van der Waals surface area contributed by atoms with E-state index in [1.54, 1.807) is 0 Å². The molecule has 1 aliphatic carbocycles. The Kier molecular flexibility index (Phi) is 7.15. The van der Waals surface area contributed by atoms with Crippen LogP contribution in [0.15, 0.2) is 54.1 Å². The zero-order chi connectivity index (χ0) is 34.2. The first-order valence-electron chi connectivity index (χ1n) is 13.3. The van der Waals surface area contributed by atoms with Gasteiger partial charge in [0.1, 0.15) is 34.4 Å². The molecule has 1 aliphatic heterocycles. The minimum atomic E-state index is -5.35. The Morgan fingerprint density at radius 2 is 0.936 bits per heavy atom. The average Bonchev–Trinajstić information content (AvgIpc) is 3.77. The summed E-state index contributed by atoms with van der Waals surface area (Å²) in [7, 11) is 0. The molecule has 0 aromatic heterocycles. The fourth-order valence-corrected chi connectivity index (χ4v) is 5.73. The third-order valence-electron chi connectivity index (χ3n) is 7.80. The number of alkyl halides is 6. The smallest absolute Gasteiger partial charge is 0.306 e. The summed E-state index contributed by atoms with van der Waals surface area (Å²) >= 11 is 0. The van der Waals surface area contributed by atoms with Crippen LogP contribution in [0, 0.1) is 57.3 Å². The van der Waals surface area contributed by atoms with E-state index in [0.717, 1.165) is 0 Å². The van der Waals surface area contributed by atoms with E-state index in [2.05, 4.69) is 5.32 Å². The summed E-state index contributed by atoms with van der Waals surface area (Å²) < 4.78 is 138. The van der Waals surface area contributed by atoms with Crippen molar-refractivity contribution >= 4 is 5.57 Å². The molecule has 0 radical (unpaired) electrons. The molecule has 1 N–H and O–H groups in total. The Morgan fingerprint density at radius 1 is 0.574 bits per heavy atom. The van der Waals surface area contributed by atoms with Crippen LogP contribution in [-0.2, 0) is 12.4 Å². The summed E-state index contributed by atoms with van der Waals surface area (Å²) in [6.45, 7) is 0.341. The van der Waals surface area contributed by atoms with Crippen molar-refractivity contribution in [2.45, 2.75) is 18.4 Å². The van der Waals surface area contributed by atoms with Crippen molar-refractivity contribution in [3.8, 4) is 51.6 Å². The van der Waals surface area contributed by atoms with Crippen LogP contribution in [0.4, 0.5) is 43.9 Å². The molecule has 0 amide bonds. The van der Waals surface area contributed by atoms with E-state index in [9.17, 15) is 59.7 Å². The molecule has 4 nitrogen and oxygen atoms in total. The standard InChI is InChI=1S/C33H12F10N4/c34-24-3-13(4-25(35)30(24)32(38,39)40)17-7-21-19(1-15(17)9-44)20-2-16(10-45)18(8-22(20)29(21)23(11-46)28-12-47-28)14-5-26(36)31(27(37)6-14)33(41,42)43/h1-8,28,47H,12H2. The second kappa shape index (κ2) is 10.7. The van der Waals surface area contributed by atoms with Crippen LogP contribution >= 0.6 is 0 Å². The Morgan fingerprint density at radius 3 is 1.21 bits per heavy atom. The lowest BCUT2D eigenvalue weighted by Gasteiger charge is -2.14. The van der Waals surface area contributed by atoms with Crippen molar-refractivity contribution in [1.82, 2.24) is 5.32 Å². The molecule has 6 rings (SSSR count). The van der Waals surface area contributed by atoms with Crippen molar-refractivity contribution in [1.29, 1.82) is 15.8 Å². The first-order valence-corrected chi connectivity index (χ1v) is 13.3. The number of benzene rings is 4. The number of nitrogens with zero attached hydrogens (tertiary/aromatic N) is 3. The zero-order valence-electron chi connectivity index (χ0n) is 23.0. The highest BCUT2D eigenvalue weighted by Crippen LogP contribution is 2.51. The Balaban J connectivity index is 1.63. The van der Waals surface area contributed by atoms with E-state index in [1.165, 1.54) is 24.3 Å². The number of halogens is 10. The highest BCUT2D eigenvalue weighted by molar-refractivity contribution is 6.06. The van der Waals surface area contributed by atoms with Gasteiger partial charge in [0, 0.05) is 23.2 Å². The Labute approximate surface area is 258 Å². The van der Waals surface area contributed by atoms with Gasteiger partial charge in [0.05, 0.1) is 40.9 Å². The van der Waals surface area contributed by atoms with Gasteiger partial charge in [-0.3, -0.25) is 0 Å². The molecule has 1 heterocycles. The molecule has 0 saturated carbocycles. The monoisotopic (exact) mass is 654 g/mol. The summed E-state index contributed by atoms with van der Waals surface area (Å²) in [4.78, 5) is 0. The van der Waals surface area contributed by atoms with Gasteiger partial charge in [0.25, 0.3) is 0 Å². The van der Waals surface area contributed by atoms with Crippen molar-refractivity contribution in [2.24, 2.45) is 0 Å². The molecule has 1 unspecified atom stereocenters. The van der Waals surface area contributed by atoms with Gasteiger partial charge in [0.15, 0.2) is 0 Å². The van der Waals surface area contributed by atoms with Gasteiger partial charge < -0.3 is 5.32 Å². The van der Waals surface area contributed by atoms with Gasteiger partial charge in [0.2, 0.25) is 0 Å². The normalized spacial score (nSPS) is 15.0. The highest BCUT2D eigenvalue weighted by atomic mass is 19.4. The third kappa shape index (κ3) is 5.15. The van der Waals surface area contributed by atoms with E-state index < -0.39 is 63.9 Å². The Bertz CT molecular complexity index is 2020. The van der Waals surface area contributed by atoms with Crippen LogP contribution in [0.2, 0.25) is 0 Å². The molecule has 4 aromatic carbocycles. The molecule has 0 spiro atoms. The molecule has 0 bridgehead atoms. The molecule has 1 fully saturated rings. The largest absolute Gasteiger partial charge is 0.422 e. The van der Waals surface area contributed by atoms with Crippen LogP contribution in [0.1, 0.15) is 33.4 Å². The molecule has 1 atom stereocenters. The van der Waals surface area contributed by atoms with E-state index in [1.807, 2.05) is 18.2 Å². The number of hydrogen-bond acceptors (Lipinski definition) is 4. The lowest BCUT2D eigenvalue weighted by molar-refractivity contribution is -0.143. The fraction of sp³-hybridized carbons (Fsp3) is 0.121. The second-order valence-electron chi connectivity index (χ2n) is 10.6. The topological polar surface area (TPSA) is 93.3 Å². The van der Waals surface area contributed by atoms with E-state index in [-0.39, 0.29) is 55.7 Å². The predicted octanol–water partition coefficient (Wildman–Crippen LogP) is 8.64. The summed E-state index contributed by atoms with van der Waals surface area (Å²) in [5.41, 5.74) is -4.95. The van der Waals surface area contributed by atoms with Crippen LogP contribution in [0.3, 0.4) is 0 Å². The summed E-state index contributed by atoms with van der Waals surface area (Å²) in [6.07, 6.45) is -10.7. The molecule has 1 saturated heterocycles. The Hall–Kier alpha value is -5.65. The van der Waals surface area contributed by atoms with Crippen molar-refractivity contribution in [2.75, 3.05) is 6.54 Å². The zero-order valence-corrected chi connectivity index (χ0v) is 23.0. The first-order chi connectivity index (χ1) is 22.1. The lowest BCUT2D eigenvalue weighted by Crippen LogP contribution is -2.11. The minimum Gasteiger partial charge on any atom is -0.306 e. The maximum absolute atomic E-state index is 14.6. The average molecular weight is 654 g/mol. The van der Waals surface area contributed by atoms with Crippen molar-refractivity contribution in [3.63, 3.8) is 0 Å². The van der Waals surface area contributed by atoms with Crippen LogP contribution in [0.5, 0.6) is 0 Å². The van der Waals surface area contributed by atoms with Crippen LogP contribution in [-0.4, -0.2) is 12.6 Å². The van der Waals surface area contributed by atoms with Gasteiger partial charge in [-0.2, -0.15) is 42.1 Å². The summed E-state index contributed by atoms with van der Waals surface area (Å²) in [5, 5.41) is 32.9. The SMILES string of the molecule is N#CC(=C1c2cc(-c3cc(F)c(C(F)(F)F)c(F)c3)c(C#N)cc2-c2cc(C#N)c(-c3cc(F)c(C(F)(F)F)c(F)c3)cc21)C1CN1. The number of rotatable bonds is 3. The number of fused-ring (bicyclic) bond motifs is 3. The van der Waals surface area contributed by atoms with E-state index >= 15 is 0 Å². The molecular formula is C33H12F10N4. The summed E-state index contributed by atoms with van der Waals surface area (Å²) in [5.74, 6) is -7.74. The third-order valence-corrected chi connectivity index (χ3v) is 7.80. The molecule has 47 heavy (non-hydrogen) atoms. The van der Waals surface area contributed by atoms with Gasteiger partial charge in [-0.25, -0.2) is 17.6 Å². The number of nitriles is 3. The van der Waals surface area contributed by atoms with Gasteiger partial charge >= 0.3 is 12.4 Å². The number of nitrogens with one attached hydrogen (secondary N) is 1. The minimum absolute atomic E-state index is 0.103. The van der Waals surface area contributed by atoms with Crippen LogP contribution < -0.4 is 5.32 Å². The van der Waals surface area contributed by atoms with Crippen molar-refractivity contribution < 1.29 is 43.9 Å². The fourth-order valence-electron chi connectivity index (χ4n) is 5.73. The lowest BCUT2D eigenvalue weighted by atomic mass is 9.90. The molecular weight excluding hydrogens is 642 g/mol. The first kappa shape index (κ1) is 31.3. The van der Waals surface area contributed by atoms with Crippen LogP contribution in [0.25, 0.3) is 39.0 Å². The molecule has 4 aromatic rings.